The van der Waals surface area contributed by atoms with E-state index in [2.05, 4.69) is 5.32 Å². The van der Waals surface area contributed by atoms with Crippen molar-refractivity contribution in [1.82, 2.24) is 5.32 Å². The van der Waals surface area contributed by atoms with Gasteiger partial charge in [0.05, 0.1) is 0 Å². The summed E-state index contributed by atoms with van der Waals surface area (Å²) in [4.78, 5) is 10.8. The zero-order valence-corrected chi connectivity index (χ0v) is 8.62. The van der Waals surface area contributed by atoms with Gasteiger partial charge in [-0.15, -0.1) is 0 Å². The van der Waals surface area contributed by atoms with E-state index in [0.29, 0.717) is 19.8 Å². The number of ether oxygens (including phenoxy) is 3. The molecule has 1 unspecified atom stereocenters. The first-order valence-corrected chi connectivity index (χ1v) is 4.89. The summed E-state index contributed by atoms with van der Waals surface area (Å²) < 4.78 is 16.0. The minimum Gasteiger partial charge on any atom is -0.361 e. The lowest BCUT2D eigenvalue weighted by Crippen LogP contribution is -2.49. The Balaban J connectivity index is 2.38. The first kappa shape index (κ1) is 11.4. The molecule has 1 amide bonds. The van der Waals surface area contributed by atoms with Gasteiger partial charge in [0.1, 0.15) is 12.7 Å². The van der Waals surface area contributed by atoms with Crippen molar-refractivity contribution in [3.05, 3.63) is 0 Å². The van der Waals surface area contributed by atoms with Crippen LogP contribution in [0.2, 0.25) is 0 Å². The molecule has 0 spiro atoms. The van der Waals surface area contributed by atoms with E-state index >= 15 is 0 Å². The van der Waals surface area contributed by atoms with Crippen LogP contribution in [0, 0.1) is 0 Å². The molecule has 1 fully saturated rings. The highest BCUT2D eigenvalue weighted by Crippen LogP contribution is 2.08. The smallest absolute Gasteiger partial charge is 0.246 e. The van der Waals surface area contributed by atoms with Gasteiger partial charge in [-0.25, -0.2) is 0 Å². The van der Waals surface area contributed by atoms with Crippen LogP contribution >= 0.6 is 0 Å². The molecule has 0 aromatic carbocycles. The summed E-state index contributed by atoms with van der Waals surface area (Å²) in [7, 11) is 0. The van der Waals surface area contributed by atoms with Crippen LogP contribution in [0.25, 0.3) is 0 Å². The second kappa shape index (κ2) is 5.95. The van der Waals surface area contributed by atoms with Gasteiger partial charge in [0.25, 0.3) is 0 Å². The summed E-state index contributed by atoms with van der Waals surface area (Å²) >= 11 is 0. The summed E-state index contributed by atoms with van der Waals surface area (Å²) in [5.74, 6) is -0.0898. The van der Waals surface area contributed by atoms with Crippen LogP contribution in [0.15, 0.2) is 0 Å². The first-order chi connectivity index (χ1) is 6.77. The molecule has 1 N–H and O–H groups in total. The van der Waals surface area contributed by atoms with Gasteiger partial charge in [0, 0.05) is 19.8 Å². The quantitative estimate of drug-likeness (QED) is 0.634. The molecule has 1 aliphatic rings. The van der Waals surface area contributed by atoms with E-state index in [4.69, 9.17) is 14.2 Å². The topological polar surface area (TPSA) is 56.8 Å². The van der Waals surface area contributed by atoms with Crippen molar-refractivity contribution in [3.63, 3.8) is 0 Å². The summed E-state index contributed by atoms with van der Waals surface area (Å²) in [6, 6.07) is 0. The van der Waals surface area contributed by atoms with Gasteiger partial charge < -0.3 is 19.5 Å². The maximum Gasteiger partial charge on any atom is 0.246 e. The van der Waals surface area contributed by atoms with E-state index in [1.54, 1.807) is 0 Å². The number of carbonyl (C=O) groups excluding carboxylic acids is 1. The van der Waals surface area contributed by atoms with Gasteiger partial charge in [0.15, 0.2) is 6.29 Å². The van der Waals surface area contributed by atoms with E-state index in [1.165, 1.54) is 0 Å². The summed E-state index contributed by atoms with van der Waals surface area (Å²) in [5, 5.41) is 2.71. The normalized spacial score (nSPS) is 22.5. The van der Waals surface area contributed by atoms with Crippen molar-refractivity contribution in [1.29, 1.82) is 0 Å². The molecule has 0 saturated carbocycles. The molecule has 1 saturated heterocycles. The summed E-state index contributed by atoms with van der Waals surface area (Å²) in [6.45, 7) is 5.46. The standard InChI is InChI=1S/C9H17NO4/c1-3-12-9(13-4-2)7-5-10-8(11)6-14-7/h7,9H,3-6H2,1-2H3,(H,10,11). The number of amides is 1. The first-order valence-electron chi connectivity index (χ1n) is 4.89. The van der Waals surface area contributed by atoms with Crippen LogP contribution in [0.3, 0.4) is 0 Å². The van der Waals surface area contributed by atoms with E-state index in [9.17, 15) is 4.79 Å². The van der Waals surface area contributed by atoms with Crippen LogP contribution in [0.5, 0.6) is 0 Å². The van der Waals surface area contributed by atoms with Gasteiger partial charge in [0.2, 0.25) is 5.91 Å². The number of morpholine rings is 1. The fourth-order valence-electron chi connectivity index (χ4n) is 1.27. The van der Waals surface area contributed by atoms with Gasteiger partial charge in [-0.05, 0) is 13.8 Å². The third-order valence-electron chi connectivity index (χ3n) is 1.89. The predicted octanol–water partition coefficient (Wildman–Crippen LogP) is -0.0995. The molecule has 1 atom stereocenters. The Kier molecular flexibility index (Phi) is 4.86. The third-order valence-corrected chi connectivity index (χ3v) is 1.89. The van der Waals surface area contributed by atoms with Crippen molar-refractivity contribution in [2.45, 2.75) is 26.2 Å². The molecule has 1 aliphatic heterocycles. The Morgan fingerprint density at radius 1 is 1.50 bits per heavy atom. The van der Waals surface area contributed by atoms with Crippen LogP contribution in [-0.4, -0.2) is 44.7 Å². The molecule has 0 aliphatic carbocycles. The molecule has 0 radical (unpaired) electrons. The second-order valence-electron chi connectivity index (χ2n) is 2.93. The Labute approximate surface area is 83.7 Å². The third kappa shape index (κ3) is 3.25. The molecular weight excluding hydrogens is 186 g/mol. The van der Waals surface area contributed by atoms with E-state index in [1.807, 2.05) is 13.8 Å². The Morgan fingerprint density at radius 2 is 2.14 bits per heavy atom. The second-order valence-corrected chi connectivity index (χ2v) is 2.93. The van der Waals surface area contributed by atoms with Crippen molar-refractivity contribution in [2.24, 2.45) is 0 Å². The van der Waals surface area contributed by atoms with Crippen LogP contribution in [-0.2, 0) is 19.0 Å². The summed E-state index contributed by atoms with van der Waals surface area (Å²) in [6.07, 6.45) is -0.585. The maximum absolute atomic E-state index is 10.8. The molecule has 1 rings (SSSR count). The highest BCUT2D eigenvalue weighted by molar-refractivity contribution is 5.77. The van der Waals surface area contributed by atoms with E-state index < -0.39 is 0 Å². The highest BCUT2D eigenvalue weighted by atomic mass is 16.7. The van der Waals surface area contributed by atoms with Crippen LogP contribution < -0.4 is 5.32 Å². The SMILES string of the molecule is CCOC(OCC)C1CNC(=O)CO1. The Hall–Kier alpha value is -0.650. The molecular formula is C9H17NO4. The average Bonchev–Trinajstić information content (AvgIpc) is 2.19. The van der Waals surface area contributed by atoms with Gasteiger partial charge in [-0.1, -0.05) is 0 Å². The summed E-state index contributed by atoms with van der Waals surface area (Å²) in [5.41, 5.74) is 0. The number of hydrogen-bond acceptors (Lipinski definition) is 4. The minimum atomic E-state index is -0.384. The fourth-order valence-corrected chi connectivity index (χ4v) is 1.27. The maximum atomic E-state index is 10.8. The molecule has 14 heavy (non-hydrogen) atoms. The van der Waals surface area contributed by atoms with Gasteiger partial charge in [-0.2, -0.15) is 0 Å². The van der Waals surface area contributed by atoms with Crippen LogP contribution in [0.4, 0.5) is 0 Å². The Morgan fingerprint density at radius 3 is 2.57 bits per heavy atom. The lowest BCUT2D eigenvalue weighted by atomic mass is 10.3. The van der Waals surface area contributed by atoms with Gasteiger partial charge >= 0.3 is 0 Å². The largest absolute Gasteiger partial charge is 0.361 e. The van der Waals surface area contributed by atoms with Crippen LogP contribution in [0.1, 0.15) is 13.8 Å². The van der Waals surface area contributed by atoms with E-state index in [0.717, 1.165) is 0 Å². The number of carbonyl (C=O) groups is 1. The van der Waals surface area contributed by atoms with Crippen molar-refractivity contribution in [3.8, 4) is 0 Å². The fraction of sp³-hybridized carbons (Fsp3) is 0.889. The molecule has 0 aromatic heterocycles. The lowest BCUT2D eigenvalue weighted by Gasteiger charge is -2.29. The van der Waals surface area contributed by atoms with Crippen molar-refractivity contribution >= 4 is 5.91 Å². The predicted molar refractivity (Wildman–Crippen MR) is 49.8 cm³/mol. The number of rotatable bonds is 5. The molecule has 5 heteroatoms. The van der Waals surface area contributed by atoms with E-state index in [-0.39, 0.29) is 24.9 Å². The monoisotopic (exact) mass is 203 g/mol. The molecule has 5 nitrogen and oxygen atoms in total. The molecule has 0 aromatic rings. The Bertz CT molecular complexity index is 170. The zero-order valence-electron chi connectivity index (χ0n) is 8.62. The number of nitrogens with one attached hydrogen (secondary N) is 1. The number of hydrogen-bond donors (Lipinski definition) is 1. The highest BCUT2D eigenvalue weighted by Gasteiger charge is 2.27. The minimum absolute atomic E-state index is 0.0846. The van der Waals surface area contributed by atoms with Gasteiger partial charge in [-0.3, -0.25) is 4.79 Å². The van der Waals surface area contributed by atoms with Crippen molar-refractivity contribution in [2.75, 3.05) is 26.4 Å². The lowest BCUT2D eigenvalue weighted by molar-refractivity contribution is -0.208. The van der Waals surface area contributed by atoms with Crippen molar-refractivity contribution < 1.29 is 19.0 Å². The molecule has 1 heterocycles. The molecule has 0 bridgehead atoms. The average molecular weight is 203 g/mol. The zero-order chi connectivity index (χ0) is 10.4. The molecule has 82 valence electrons.